The minimum atomic E-state index is -0.803. The maximum Gasteiger partial charge on any atom is 0.125 e. The second-order valence-electron chi connectivity index (χ2n) is 4.74. The van der Waals surface area contributed by atoms with Gasteiger partial charge in [-0.2, -0.15) is 5.10 Å². The number of aromatic nitrogens is 2. The van der Waals surface area contributed by atoms with E-state index in [2.05, 4.69) is 5.10 Å². The molecule has 5 heteroatoms. The molecule has 1 aromatic heterocycles. The van der Waals surface area contributed by atoms with Crippen molar-refractivity contribution in [3.05, 3.63) is 41.2 Å². The van der Waals surface area contributed by atoms with E-state index in [1.165, 1.54) is 0 Å². The van der Waals surface area contributed by atoms with Gasteiger partial charge in [0.15, 0.2) is 0 Å². The summed E-state index contributed by atoms with van der Waals surface area (Å²) in [4.78, 5) is 0. The zero-order valence-electron chi connectivity index (χ0n) is 13.0. The Kier molecular flexibility index (Phi) is 4.85. The Morgan fingerprint density at radius 3 is 2.52 bits per heavy atom. The molecule has 2 rings (SSSR count). The number of nitrogens with zero attached hydrogens (tertiary/aromatic N) is 2. The molecule has 0 amide bonds. The number of ether oxygens (including phenoxy) is 2. The van der Waals surface area contributed by atoms with Crippen molar-refractivity contribution in [3.8, 4) is 11.5 Å². The number of hydrogen-bond donors (Lipinski definition) is 1. The van der Waals surface area contributed by atoms with E-state index in [1.54, 1.807) is 26.4 Å². The third-order valence-electron chi connectivity index (χ3n) is 3.54. The summed E-state index contributed by atoms with van der Waals surface area (Å²) in [7, 11) is 3.19. The topological polar surface area (TPSA) is 56.5 Å². The average Bonchev–Trinajstić information content (AvgIpc) is 2.96. The van der Waals surface area contributed by atoms with Crippen molar-refractivity contribution in [1.29, 1.82) is 0 Å². The van der Waals surface area contributed by atoms with Gasteiger partial charge < -0.3 is 14.6 Å². The number of rotatable bonds is 6. The SMILES string of the molecule is CCc1cc(C(O)c2cc(OC)ccc2OC)n(CC)n1. The van der Waals surface area contributed by atoms with Crippen LogP contribution in [0.4, 0.5) is 0 Å². The van der Waals surface area contributed by atoms with Gasteiger partial charge in [-0.15, -0.1) is 0 Å². The molecule has 5 nitrogen and oxygen atoms in total. The van der Waals surface area contributed by atoms with E-state index in [9.17, 15) is 5.11 Å². The molecule has 0 radical (unpaired) electrons. The Morgan fingerprint density at radius 2 is 1.95 bits per heavy atom. The zero-order chi connectivity index (χ0) is 15.4. The molecule has 0 aliphatic rings. The summed E-state index contributed by atoms with van der Waals surface area (Å²) in [5, 5.41) is 15.2. The summed E-state index contributed by atoms with van der Waals surface area (Å²) in [6.07, 6.45) is 0.0323. The second-order valence-corrected chi connectivity index (χ2v) is 4.74. The molecule has 0 aliphatic heterocycles. The van der Waals surface area contributed by atoms with Crippen LogP contribution in [0.1, 0.15) is 36.9 Å². The van der Waals surface area contributed by atoms with E-state index >= 15 is 0 Å². The van der Waals surface area contributed by atoms with Crippen molar-refractivity contribution >= 4 is 0 Å². The number of methoxy groups -OCH3 is 2. The molecule has 0 saturated carbocycles. The molecule has 0 bridgehead atoms. The average molecular weight is 290 g/mol. The van der Waals surface area contributed by atoms with Gasteiger partial charge in [-0.3, -0.25) is 4.68 Å². The van der Waals surface area contributed by atoms with E-state index in [0.29, 0.717) is 23.6 Å². The van der Waals surface area contributed by atoms with Crippen LogP contribution in [0.3, 0.4) is 0 Å². The fraction of sp³-hybridized carbons (Fsp3) is 0.438. The van der Waals surface area contributed by atoms with Crippen LogP contribution in [-0.2, 0) is 13.0 Å². The first kappa shape index (κ1) is 15.4. The lowest BCUT2D eigenvalue weighted by molar-refractivity contribution is 0.202. The van der Waals surface area contributed by atoms with Crippen LogP contribution < -0.4 is 9.47 Å². The highest BCUT2D eigenvalue weighted by Crippen LogP contribution is 2.33. The van der Waals surface area contributed by atoms with Gasteiger partial charge in [0.1, 0.15) is 17.6 Å². The maximum atomic E-state index is 10.7. The van der Waals surface area contributed by atoms with Gasteiger partial charge in [0.2, 0.25) is 0 Å². The number of aliphatic hydroxyl groups is 1. The highest BCUT2D eigenvalue weighted by molar-refractivity contribution is 5.44. The Hall–Kier alpha value is -2.01. The molecular formula is C16H22N2O3. The fourth-order valence-electron chi connectivity index (χ4n) is 2.35. The third kappa shape index (κ3) is 3.03. The Labute approximate surface area is 125 Å². The molecule has 1 heterocycles. The Morgan fingerprint density at radius 1 is 1.19 bits per heavy atom. The number of hydrogen-bond acceptors (Lipinski definition) is 4. The van der Waals surface area contributed by atoms with Gasteiger partial charge in [0, 0.05) is 12.1 Å². The van der Waals surface area contributed by atoms with Crippen molar-refractivity contribution < 1.29 is 14.6 Å². The maximum absolute atomic E-state index is 10.7. The standard InChI is InChI=1S/C16H22N2O3/c1-5-11-9-14(18(6-2)17-11)16(19)13-10-12(20-3)7-8-15(13)21-4/h7-10,16,19H,5-6H2,1-4H3. The normalized spacial score (nSPS) is 12.2. The van der Waals surface area contributed by atoms with E-state index in [0.717, 1.165) is 17.8 Å². The zero-order valence-corrected chi connectivity index (χ0v) is 13.0. The van der Waals surface area contributed by atoms with Crippen LogP contribution in [0.2, 0.25) is 0 Å². The molecule has 0 fully saturated rings. The summed E-state index contributed by atoms with van der Waals surface area (Å²) in [6, 6.07) is 7.34. The van der Waals surface area contributed by atoms with Gasteiger partial charge in [-0.1, -0.05) is 6.92 Å². The lowest BCUT2D eigenvalue weighted by Gasteiger charge is -2.16. The van der Waals surface area contributed by atoms with Crippen LogP contribution in [0.15, 0.2) is 24.3 Å². The van der Waals surface area contributed by atoms with E-state index in [-0.39, 0.29) is 0 Å². The van der Waals surface area contributed by atoms with E-state index in [4.69, 9.17) is 9.47 Å². The fourth-order valence-corrected chi connectivity index (χ4v) is 2.35. The van der Waals surface area contributed by atoms with Crippen molar-refractivity contribution in [2.45, 2.75) is 32.9 Å². The quantitative estimate of drug-likeness (QED) is 0.888. The predicted octanol–water partition coefficient (Wildman–Crippen LogP) is 2.56. The lowest BCUT2D eigenvalue weighted by atomic mass is 10.0. The molecule has 1 N–H and O–H groups in total. The van der Waals surface area contributed by atoms with Gasteiger partial charge in [-0.25, -0.2) is 0 Å². The lowest BCUT2D eigenvalue weighted by Crippen LogP contribution is -2.10. The summed E-state index contributed by atoms with van der Waals surface area (Å²) >= 11 is 0. The van der Waals surface area contributed by atoms with E-state index < -0.39 is 6.10 Å². The first-order chi connectivity index (χ1) is 10.1. The van der Waals surface area contributed by atoms with Crippen molar-refractivity contribution in [3.63, 3.8) is 0 Å². The second kappa shape index (κ2) is 6.63. The van der Waals surface area contributed by atoms with Crippen LogP contribution >= 0.6 is 0 Å². The van der Waals surface area contributed by atoms with Gasteiger partial charge in [-0.05, 0) is 37.6 Å². The number of aryl methyl sites for hydroxylation is 2. The molecule has 21 heavy (non-hydrogen) atoms. The van der Waals surface area contributed by atoms with Crippen LogP contribution in [0.5, 0.6) is 11.5 Å². The van der Waals surface area contributed by atoms with Gasteiger partial charge in [0.05, 0.1) is 25.6 Å². The molecule has 0 aliphatic carbocycles. The molecule has 1 unspecified atom stereocenters. The summed E-state index contributed by atoms with van der Waals surface area (Å²) in [6.45, 7) is 4.76. The minimum Gasteiger partial charge on any atom is -0.497 e. The smallest absolute Gasteiger partial charge is 0.125 e. The van der Waals surface area contributed by atoms with Gasteiger partial charge in [0.25, 0.3) is 0 Å². The largest absolute Gasteiger partial charge is 0.497 e. The van der Waals surface area contributed by atoms with Crippen molar-refractivity contribution in [1.82, 2.24) is 9.78 Å². The van der Waals surface area contributed by atoms with E-state index in [1.807, 2.05) is 30.7 Å². The molecular weight excluding hydrogens is 268 g/mol. The Bertz CT molecular complexity index is 608. The predicted molar refractivity (Wildman–Crippen MR) is 80.9 cm³/mol. The van der Waals surface area contributed by atoms with Crippen molar-refractivity contribution in [2.75, 3.05) is 14.2 Å². The highest BCUT2D eigenvalue weighted by atomic mass is 16.5. The molecule has 0 spiro atoms. The third-order valence-corrected chi connectivity index (χ3v) is 3.54. The highest BCUT2D eigenvalue weighted by Gasteiger charge is 2.21. The summed E-state index contributed by atoms with van der Waals surface area (Å²) < 4.78 is 12.4. The molecule has 2 aromatic rings. The molecule has 1 atom stereocenters. The van der Waals surface area contributed by atoms with Crippen LogP contribution in [0.25, 0.3) is 0 Å². The van der Waals surface area contributed by atoms with Gasteiger partial charge >= 0.3 is 0 Å². The first-order valence-corrected chi connectivity index (χ1v) is 7.11. The molecule has 1 aromatic carbocycles. The minimum absolute atomic E-state index is 0.630. The van der Waals surface area contributed by atoms with Crippen LogP contribution in [-0.4, -0.2) is 29.1 Å². The summed E-state index contributed by atoms with van der Waals surface area (Å²) in [5.74, 6) is 1.31. The first-order valence-electron chi connectivity index (χ1n) is 7.11. The molecule has 0 saturated heterocycles. The summed E-state index contributed by atoms with van der Waals surface area (Å²) in [5.41, 5.74) is 2.41. The molecule has 114 valence electrons. The number of aliphatic hydroxyl groups excluding tert-OH is 1. The van der Waals surface area contributed by atoms with Crippen LogP contribution in [0, 0.1) is 0 Å². The Balaban J connectivity index is 2.47. The van der Waals surface area contributed by atoms with Crippen molar-refractivity contribution in [2.24, 2.45) is 0 Å². The number of benzene rings is 1. The monoisotopic (exact) mass is 290 g/mol.